The number of carbonyl (C=O) groups is 1. The Bertz CT molecular complexity index is 538. The zero-order chi connectivity index (χ0) is 17.6. The molecule has 0 spiro atoms. The highest BCUT2D eigenvalue weighted by molar-refractivity contribution is 5.95. The quantitative estimate of drug-likeness (QED) is 0.793. The molecular weight excluding hydrogens is 357 g/mol. The molecule has 1 aromatic rings. The smallest absolute Gasteiger partial charge is 0.384 e. The van der Waals surface area contributed by atoms with Crippen molar-refractivity contribution in [2.75, 3.05) is 32.1 Å². The van der Waals surface area contributed by atoms with E-state index in [4.69, 9.17) is 4.74 Å². The number of hydrogen-bond donors (Lipinski definition) is 2. The highest BCUT2D eigenvalue weighted by Gasteiger charge is 2.39. The molecule has 0 aromatic heterocycles. The van der Waals surface area contributed by atoms with Crippen molar-refractivity contribution in [2.45, 2.75) is 31.9 Å². The molecule has 8 heteroatoms. The van der Waals surface area contributed by atoms with Gasteiger partial charge in [0.15, 0.2) is 0 Å². The number of amides is 1. The molecule has 1 saturated heterocycles. The fourth-order valence-corrected chi connectivity index (χ4v) is 2.92. The maximum atomic E-state index is 12.7. The number of methoxy groups -OCH3 is 1. The molecule has 0 aliphatic carbocycles. The van der Waals surface area contributed by atoms with Crippen molar-refractivity contribution in [3.8, 4) is 0 Å². The van der Waals surface area contributed by atoms with E-state index in [1.807, 2.05) is 0 Å². The van der Waals surface area contributed by atoms with E-state index in [1.165, 1.54) is 0 Å². The third-order valence-electron chi connectivity index (χ3n) is 4.37. The van der Waals surface area contributed by atoms with Crippen LogP contribution in [0.3, 0.4) is 0 Å². The van der Waals surface area contributed by atoms with Crippen molar-refractivity contribution < 1.29 is 22.7 Å². The molecule has 1 aliphatic rings. The van der Waals surface area contributed by atoms with E-state index < -0.39 is 18.0 Å². The Morgan fingerprint density at radius 2 is 1.84 bits per heavy atom. The molecule has 2 N–H and O–H groups in total. The summed E-state index contributed by atoms with van der Waals surface area (Å²) in [5.74, 6) is -0.103. The number of nitrogens with one attached hydrogen (secondary N) is 2. The summed E-state index contributed by atoms with van der Waals surface area (Å²) in [5.41, 5.74) is 0.623. The predicted octanol–water partition coefficient (Wildman–Crippen LogP) is 3.56. The lowest BCUT2D eigenvalue weighted by Gasteiger charge is -2.35. The summed E-state index contributed by atoms with van der Waals surface area (Å²) in [4.78, 5) is 12.7. The second-order valence-corrected chi connectivity index (χ2v) is 6.23. The van der Waals surface area contributed by atoms with Crippen molar-refractivity contribution in [1.82, 2.24) is 5.32 Å². The van der Waals surface area contributed by atoms with E-state index in [1.54, 1.807) is 31.4 Å². The zero-order valence-corrected chi connectivity index (χ0v) is 14.9. The summed E-state index contributed by atoms with van der Waals surface area (Å²) in [6, 6.07) is 6.52. The first-order valence-electron chi connectivity index (χ1n) is 8.01. The second kappa shape index (κ2) is 9.40. The maximum Gasteiger partial charge on any atom is 0.389 e. The summed E-state index contributed by atoms with van der Waals surface area (Å²) in [6.07, 6.45) is -3.68. The molecule has 0 saturated carbocycles. The first kappa shape index (κ1) is 21.7. The Morgan fingerprint density at radius 1 is 1.24 bits per heavy atom. The molecule has 142 valence electrons. The largest absolute Gasteiger partial charge is 0.389 e. The van der Waals surface area contributed by atoms with Crippen molar-refractivity contribution in [3.05, 3.63) is 29.8 Å². The fraction of sp³-hybridized carbons (Fsp3) is 0.588. The van der Waals surface area contributed by atoms with Crippen LogP contribution in [0.4, 0.5) is 18.9 Å². The first-order valence-corrected chi connectivity index (χ1v) is 8.01. The molecule has 2 rings (SSSR count). The summed E-state index contributed by atoms with van der Waals surface area (Å²) in [5, 5.41) is 6.09. The second-order valence-electron chi connectivity index (χ2n) is 6.23. The van der Waals surface area contributed by atoms with Gasteiger partial charge in [-0.15, -0.1) is 12.4 Å². The molecule has 0 radical (unpaired) electrons. The van der Waals surface area contributed by atoms with Crippen LogP contribution in [0.5, 0.6) is 0 Å². The number of benzene rings is 1. The lowest BCUT2D eigenvalue weighted by molar-refractivity contribution is -0.134. The molecule has 0 atom stereocenters. The van der Waals surface area contributed by atoms with E-state index in [0.29, 0.717) is 30.7 Å². The number of ether oxygens (including phenoxy) is 1. The molecule has 25 heavy (non-hydrogen) atoms. The Kier molecular flexibility index (Phi) is 8.18. The first-order chi connectivity index (χ1) is 11.3. The Morgan fingerprint density at radius 3 is 2.36 bits per heavy atom. The predicted molar refractivity (Wildman–Crippen MR) is 93.1 cm³/mol. The molecular formula is C17H24ClF3N2O2. The Balaban J connectivity index is 0.00000312. The SMILES string of the molecule is COCC1(C(=O)Nc2ccc(CCC(F)(F)F)cc2)CCNCC1.Cl. The van der Waals surface area contributed by atoms with Gasteiger partial charge in [-0.2, -0.15) is 13.2 Å². The minimum atomic E-state index is -4.16. The van der Waals surface area contributed by atoms with Gasteiger partial charge < -0.3 is 15.4 Å². The number of halogens is 4. The van der Waals surface area contributed by atoms with Crippen LogP contribution >= 0.6 is 12.4 Å². The van der Waals surface area contributed by atoms with Crippen LogP contribution in [-0.2, 0) is 16.0 Å². The number of carbonyl (C=O) groups excluding carboxylic acids is 1. The topological polar surface area (TPSA) is 50.4 Å². The number of anilines is 1. The molecule has 1 aromatic carbocycles. The molecule has 4 nitrogen and oxygen atoms in total. The van der Waals surface area contributed by atoms with Crippen molar-refractivity contribution in [3.63, 3.8) is 0 Å². The molecule has 1 aliphatic heterocycles. The zero-order valence-electron chi connectivity index (χ0n) is 14.1. The van der Waals surface area contributed by atoms with Gasteiger partial charge in [0.1, 0.15) is 0 Å². The average molecular weight is 381 g/mol. The van der Waals surface area contributed by atoms with Gasteiger partial charge >= 0.3 is 6.18 Å². The third kappa shape index (κ3) is 6.49. The standard InChI is InChI=1S/C17H23F3N2O2.ClH/c1-24-12-16(8-10-21-11-9-16)15(23)22-14-4-2-13(3-5-14)6-7-17(18,19)20;/h2-5,21H,6-12H2,1H3,(H,22,23);1H. The van der Waals surface area contributed by atoms with Crippen LogP contribution < -0.4 is 10.6 Å². The maximum absolute atomic E-state index is 12.7. The lowest BCUT2D eigenvalue weighted by Crippen LogP contribution is -2.47. The molecule has 1 heterocycles. The van der Waals surface area contributed by atoms with Gasteiger partial charge in [-0.1, -0.05) is 12.1 Å². The number of rotatable bonds is 6. The van der Waals surface area contributed by atoms with Gasteiger partial charge in [0, 0.05) is 19.2 Å². The van der Waals surface area contributed by atoms with Crippen LogP contribution in [0.2, 0.25) is 0 Å². The van der Waals surface area contributed by atoms with Gasteiger partial charge in [0.25, 0.3) is 0 Å². The van der Waals surface area contributed by atoms with E-state index in [2.05, 4.69) is 10.6 Å². The van der Waals surface area contributed by atoms with Crippen molar-refractivity contribution in [1.29, 1.82) is 0 Å². The van der Waals surface area contributed by atoms with Crippen molar-refractivity contribution in [2.24, 2.45) is 5.41 Å². The van der Waals surface area contributed by atoms with Gasteiger partial charge in [-0.3, -0.25) is 4.79 Å². The van der Waals surface area contributed by atoms with Crippen LogP contribution in [-0.4, -0.2) is 38.9 Å². The third-order valence-corrected chi connectivity index (χ3v) is 4.37. The summed E-state index contributed by atoms with van der Waals surface area (Å²) in [7, 11) is 1.58. The fourth-order valence-electron chi connectivity index (χ4n) is 2.92. The molecule has 0 unspecified atom stereocenters. The van der Waals surface area contributed by atoms with E-state index in [0.717, 1.165) is 13.1 Å². The minimum Gasteiger partial charge on any atom is -0.384 e. The number of piperidine rings is 1. The highest BCUT2D eigenvalue weighted by atomic mass is 35.5. The monoisotopic (exact) mass is 380 g/mol. The van der Waals surface area contributed by atoms with Gasteiger partial charge in [0.05, 0.1) is 12.0 Å². The van der Waals surface area contributed by atoms with E-state index in [9.17, 15) is 18.0 Å². The van der Waals surface area contributed by atoms with Crippen molar-refractivity contribution >= 4 is 24.0 Å². The number of hydrogen-bond acceptors (Lipinski definition) is 3. The molecule has 1 amide bonds. The van der Waals surface area contributed by atoms with Crippen LogP contribution in [0.15, 0.2) is 24.3 Å². The number of alkyl halides is 3. The highest BCUT2D eigenvalue weighted by Crippen LogP contribution is 2.31. The number of aryl methyl sites for hydroxylation is 1. The molecule has 1 fully saturated rings. The normalized spacial score (nSPS) is 16.8. The van der Waals surface area contributed by atoms with E-state index >= 15 is 0 Å². The summed E-state index contributed by atoms with van der Waals surface area (Å²) < 4.78 is 41.9. The van der Waals surface area contributed by atoms with Gasteiger partial charge in [-0.05, 0) is 50.0 Å². The minimum absolute atomic E-state index is 0. The Labute approximate surface area is 151 Å². The molecule has 0 bridgehead atoms. The average Bonchev–Trinajstić information content (AvgIpc) is 2.54. The van der Waals surface area contributed by atoms with Gasteiger partial charge in [0.2, 0.25) is 5.91 Å². The van der Waals surface area contributed by atoms with Crippen LogP contribution in [0.1, 0.15) is 24.8 Å². The van der Waals surface area contributed by atoms with Crippen LogP contribution in [0.25, 0.3) is 0 Å². The summed E-state index contributed by atoms with van der Waals surface area (Å²) >= 11 is 0. The Hall–Kier alpha value is -1.31. The summed E-state index contributed by atoms with van der Waals surface area (Å²) in [6.45, 7) is 1.87. The lowest BCUT2D eigenvalue weighted by atomic mass is 9.78. The van der Waals surface area contributed by atoms with E-state index in [-0.39, 0.29) is 24.7 Å². The van der Waals surface area contributed by atoms with Gasteiger partial charge in [-0.25, -0.2) is 0 Å². The van der Waals surface area contributed by atoms with Crippen LogP contribution in [0, 0.1) is 5.41 Å².